The first-order chi connectivity index (χ1) is 5.74. The summed E-state index contributed by atoms with van der Waals surface area (Å²) < 4.78 is 1.65. The molecule has 0 fully saturated rings. The van der Waals surface area contributed by atoms with E-state index >= 15 is 0 Å². The number of aryl methyl sites for hydroxylation is 1. The molecule has 1 rings (SSSR count). The maximum atomic E-state index is 10.6. The maximum Gasteiger partial charge on any atom is 0.131 e. The Balaban J connectivity index is 2.62. The highest BCUT2D eigenvalue weighted by atomic mass is 16.1. The van der Waals surface area contributed by atoms with Gasteiger partial charge in [0.2, 0.25) is 0 Å². The molecular weight excluding hydrogens is 154 g/mol. The Labute approximate surface area is 70.7 Å². The summed E-state index contributed by atoms with van der Waals surface area (Å²) in [6.07, 6.45) is 3.33. The van der Waals surface area contributed by atoms with Crippen LogP contribution in [0.3, 0.4) is 0 Å². The van der Waals surface area contributed by atoms with E-state index in [0.29, 0.717) is 13.0 Å². The van der Waals surface area contributed by atoms with Crippen LogP contribution in [0.15, 0.2) is 12.3 Å². The molecule has 0 atom stereocenters. The van der Waals surface area contributed by atoms with E-state index in [1.54, 1.807) is 23.9 Å². The number of nitrogens with one attached hydrogen (secondary N) is 1. The first kappa shape index (κ1) is 8.64. The van der Waals surface area contributed by atoms with Crippen molar-refractivity contribution in [3.63, 3.8) is 0 Å². The van der Waals surface area contributed by atoms with Crippen LogP contribution >= 0.6 is 0 Å². The Morgan fingerprint density at radius 1 is 1.83 bits per heavy atom. The summed E-state index contributed by atoms with van der Waals surface area (Å²) in [5, 5.41) is 11.0. The summed E-state index contributed by atoms with van der Waals surface area (Å²) in [5.74, 6) is 0.140. The van der Waals surface area contributed by atoms with Crippen molar-refractivity contribution >= 4 is 12.0 Å². The van der Waals surface area contributed by atoms with Crippen LogP contribution in [-0.2, 0) is 11.3 Å². The molecule has 1 heterocycles. The molecule has 0 saturated carbocycles. The van der Waals surface area contributed by atoms with Crippen molar-refractivity contribution in [2.24, 2.45) is 0 Å². The quantitative estimate of drug-likeness (QED) is 0.672. The second kappa shape index (κ2) is 3.80. The van der Waals surface area contributed by atoms with E-state index in [-0.39, 0.29) is 5.78 Å². The Bertz CT molecular complexity index is 290. The monoisotopic (exact) mass is 165 g/mol. The largest absolute Gasteiger partial charge is 0.307 e. The third-order valence-electron chi connectivity index (χ3n) is 1.57. The third kappa shape index (κ3) is 2.02. The molecular formula is C8H11N3O. The number of carbonyl (C=O) groups is 1. The Hall–Kier alpha value is -1.45. The van der Waals surface area contributed by atoms with Gasteiger partial charge in [-0.25, -0.2) is 0 Å². The zero-order valence-corrected chi connectivity index (χ0v) is 6.95. The Morgan fingerprint density at radius 3 is 3.17 bits per heavy atom. The molecule has 0 bridgehead atoms. The van der Waals surface area contributed by atoms with E-state index in [4.69, 9.17) is 5.41 Å². The first-order valence-corrected chi connectivity index (χ1v) is 3.76. The van der Waals surface area contributed by atoms with Crippen molar-refractivity contribution in [3.05, 3.63) is 18.0 Å². The number of hydrogen-bond acceptors (Lipinski definition) is 3. The normalized spacial score (nSPS) is 9.75. The standard InChI is InChI=1S/C8H11N3O/c1-7(12)3-5-11-8(6-9)2-4-10-11/h2,4,6,9H,3,5H2,1H3. The van der Waals surface area contributed by atoms with E-state index in [9.17, 15) is 4.79 Å². The number of nitrogens with zero attached hydrogens (tertiary/aromatic N) is 2. The highest BCUT2D eigenvalue weighted by molar-refractivity contribution is 5.76. The van der Waals surface area contributed by atoms with Crippen LogP contribution in [0, 0.1) is 5.41 Å². The summed E-state index contributed by atoms with van der Waals surface area (Å²) in [6.45, 7) is 2.11. The van der Waals surface area contributed by atoms with Crippen molar-refractivity contribution in [2.45, 2.75) is 19.9 Å². The number of carbonyl (C=O) groups excluding carboxylic acids is 1. The van der Waals surface area contributed by atoms with Crippen LogP contribution in [0.5, 0.6) is 0 Å². The average Bonchev–Trinajstić information content (AvgIpc) is 2.47. The molecule has 1 aromatic rings. The molecule has 1 aromatic heterocycles. The van der Waals surface area contributed by atoms with Crippen LogP contribution in [0.2, 0.25) is 0 Å². The summed E-state index contributed by atoms with van der Waals surface area (Å²) in [6, 6.07) is 1.74. The third-order valence-corrected chi connectivity index (χ3v) is 1.57. The van der Waals surface area contributed by atoms with Gasteiger partial charge >= 0.3 is 0 Å². The molecule has 0 radical (unpaired) electrons. The van der Waals surface area contributed by atoms with E-state index < -0.39 is 0 Å². The molecule has 0 aromatic carbocycles. The van der Waals surface area contributed by atoms with Gasteiger partial charge in [0.25, 0.3) is 0 Å². The average molecular weight is 165 g/mol. The van der Waals surface area contributed by atoms with E-state index in [1.807, 2.05) is 0 Å². The first-order valence-electron chi connectivity index (χ1n) is 3.76. The highest BCUT2D eigenvalue weighted by Gasteiger charge is 1.99. The minimum Gasteiger partial charge on any atom is -0.307 e. The minimum absolute atomic E-state index is 0.140. The topological polar surface area (TPSA) is 58.7 Å². The molecule has 64 valence electrons. The molecule has 0 saturated heterocycles. The molecule has 0 aliphatic heterocycles. The Kier molecular flexibility index (Phi) is 2.74. The van der Waals surface area contributed by atoms with Crippen molar-refractivity contribution in [3.8, 4) is 0 Å². The predicted molar refractivity (Wildman–Crippen MR) is 45.4 cm³/mol. The minimum atomic E-state index is 0.140. The van der Waals surface area contributed by atoms with Crippen LogP contribution in [0.25, 0.3) is 0 Å². The summed E-state index contributed by atoms with van der Waals surface area (Å²) in [4.78, 5) is 10.6. The van der Waals surface area contributed by atoms with Gasteiger partial charge in [0, 0.05) is 25.4 Å². The number of ketones is 1. The van der Waals surface area contributed by atoms with Crippen molar-refractivity contribution < 1.29 is 4.79 Å². The van der Waals surface area contributed by atoms with Crippen LogP contribution in [-0.4, -0.2) is 21.8 Å². The van der Waals surface area contributed by atoms with Gasteiger partial charge in [-0.1, -0.05) is 0 Å². The van der Waals surface area contributed by atoms with Crippen molar-refractivity contribution in [2.75, 3.05) is 0 Å². The van der Waals surface area contributed by atoms with Crippen LogP contribution < -0.4 is 0 Å². The lowest BCUT2D eigenvalue weighted by atomic mass is 10.3. The Morgan fingerprint density at radius 2 is 2.58 bits per heavy atom. The molecule has 4 heteroatoms. The fourth-order valence-electron chi connectivity index (χ4n) is 0.916. The van der Waals surface area contributed by atoms with Crippen LogP contribution in [0.1, 0.15) is 19.0 Å². The SMILES string of the molecule is CC(=O)CCn1nccc1C=N. The lowest BCUT2D eigenvalue weighted by Gasteiger charge is -2.00. The lowest BCUT2D eigenvalue weighted by Crippen LogP contribution is -2.07. The van der Waals surface area contributed by atoms with E-state index in [1.165, 1.54) is 6.21 Å². The molecule has 4 nitrogen and oxygen atoms in total. The maximum absolute atomic E-state index is 10.6. The fourth-order valence-corrected chi connectivity index (χ4v) is 0.916. The fraction of sp³-hybridized carbons (Fsp3) is 0.375. The highest BCUT2D eigenvalue weighted by Crippen LogP contribution is 1.96. The van der Waals surface area contributed by atoms with Gasteiger partial charge in [0.15, 0.2) is 0 Å². The van der Waals surface area contributed by atoms with Gasteiger partial charge in [-0.3, -0.25) is 9.48 Å². The molecule has 12 heavy (non-hydrogen) atoms. The predicted octanol–water partition coefficient (Wildman–Crippen LogP) is 0.860. The zero-order valence-electron chi connectivity index (χ0n) is 6.95. The van der Waals surface area contributed by atoms with Gasteiger partial charge < -0.3 is 5.41 Å². The zero-order chi connectivity index (χ0) is 8.97. The van der Waals surface area contributed by atoms with Crippen LogP contribution in [0.4, 0.5) is 0 Å². The van der Waals surface area contributed by atoms with E-state index in [2.05, 4.69) is 5.10 Å². The van der Waals surface area contributed by atoms with Gasteiger partial charge in [-0.15, -0.1) is 0 Å². The summed E-state index contributed by atoms with van der Waals surface area (Å²) in [7, 11) is 0. The number of aromatic nitrogens is 2. The summed E-state index contributed by atoms with van der Waals surface area (Å²) in [5.41, 5.74) is 0.733. The molecule has 1 N–H and O–H groups in total. The molecule has 0 spiro atoms. The van der Waals surface area contributed by atoms with Crippen molar-refractivity contribution in [1.82, 2.24) is 9.78 Å². The van der Waals surface area contributed by atoms with Gasteiger partial charge in [0.1, 0.15) is 5.78 Å². The van der Waals surface area contributed by atoms with Gasteiger partial charge in [-0.05, 0) is 13.0 Å². The number of hydrogen-bond donors (Lipinski definition) is 1. The lowest BCUT2D eigenvalue weighted by molar-refractivity contribution is -0.117. The number of rotatable bonds is 4. The van der Waals surface area contributed by atoms with Crippen molar-refractivity contribution in [1.29, 1.82) is 5.41 Å². The smallest absolute Gasteiger partial charge is 0.131 e. The number of Topliss-reactive ketones (excluding diaryl/α,β-unsaturated/α-hetero) is 1. The van der Waals surface area contributed by atoms with Gasteiger partial charge in [0.05, 0.1) is 5.69 Å². The summed E-state index contributed by atoms with van der Waals surface area (Å²) >= 11 is 0. The molecule has 0 aliphatic carbocycles. The second-order valence-corrected chi connectivity index (χ2v) is 2.58. The van der Waals surface area contributed by atoms with Gasteiger partial charge in [-0.2, -0.15) is 5.10 Å². The van der Waals surface area contributed by atoms with E-state index in [0.717, 1.165) is 5.69 Å². The molecule has 0 amide bonds. The molecule has 0 unspecified atom stereocenters. The second-order valence-electron chi connectivity index (χ2n) is 2.58. The molecule has 0 aliphatic rings.